The van der Waals surface area contributed by atoms with Gasteiger partial charge < -0.3 is 10.0 Å². The van der Waals surface area contributed by atoms with Crippen molar-refractivity contribution >= 4 is 23.0 Å². The topological polar surface area (TPSA) is 66.6 Å². The quantitative estimate of drug-likeness (QED) is 0.635. The molecule has 1 aromatic carbocycles. The van der Waals surface area contributed by atoms with Crippen LogP contribution in [-0.4, -0.2) is 29.2 Å². The standard InChI is InChI=1S/C9H8ClFN2O3/c10-6-1-8(12-3-5(14)4-12)9(13(15)16)2-7(6)11/h1-2,5,14H,3-4H2. The zero-order chi connectivity index (χ0) is 11.9. The summed E-state index contributed by atoms with van der Waals surface area (Å²) in [4.78, 5) is 11.6. The van der Waals surface area contributed by atoms with Gasteiger partial charge in [0.25, 0.3) is 5.69 Å². The van der Waals surface area contributed by atoms with E-state index in [4.69, 9.17) is 16.7 Å². The highest BCUT2D eigenvalue weighted by Crippen LogP contribution is 2.35. The van der Waals surface area contributed by atoms with E-state index in [-0.39, 0.29) is 16.4 Å². The molecule has 0 amide bonds. The van der Waals surface area contributed by atoms with Crippen LogP contribution in [0.15, 0.2) is 12.1 Å². The summed E-state index contributed by atoms with van der Waals surface area (Å²) in [7, 11) is 0. The Morgan fingerprint density at radius 3 is 2.69 bits per heavy atom. The molecule has 1 aromatic rings. The number of aliphatic hydroxyl groups is 1. The van der Waals surface area contributed by atoms with Crippen LogP contribution in [0.1, 0.15) is 0 Å². The van der Waals surface area contributed by atoms with Gasteiger partial charge in [0.2, 0.25) is 0 Å². The Bertz CT molecular complexity index is 449. The molecule has 16 heavy (non-hydrogen) atoms. The average molecular weight is 247 g/mol. The molecular formula is C9H8ClFN2O3. The van der Waals surface area contributed by atoms with Gasteiger partial charge in [0.05, 0.1) is 22.1 Å². The van der Waals surface area contributed by atoms with E-state index in [0.29, 0.717) is 13.1 Å². The predicted molar refractivity (Wildman–Crippen MR) is 56.3 cm³/mol. The molecular weight excluding hydrogens is 239 g/mol. The molecule has 0 aliphatic carbocycles. The van der Waals surface area contributed by atoms with Gasteiger partial charge in [-0.05, 0) is 6.07 Å². The average Bonchev–Trinajstić information content (AvgIpc) is 2.16. The Morgan fingerprint density at radius 2 is 2.19 bits per heavy atom. The minimum absolute atomic E-state index is 0.165. The molecule has 7 heteroatoms. The summed E-state index contributed by atoms with van der Waals surface area (Å²) < 4.78 is 13.1. The van der Waals surface area contributed by atoms with Gasteiger partial charge in [-0.1, -0.05) is 11.6 Å². The molecule has 86 valence electrons. The number of aliphatic hydroxyl groups excluding tert-OH is 1. The van der Waals surface area contributed by atoms with Gasteiger partial charge in [-0.3, -0.25) is 10.1 Å². The maximum absolute atomic E-state index is 13.1. The van der Waals surface area contributed by atoms with E-state index in [1.807, 2.05) is 0 Å². The second kappa shape index (κ2) is 3.88. The lowest BCUT2D eigenvalue weighted by atomic mass is 10.1. The van der Waals surface area contributed by atoms with Crippen molar-refractivity contribution in [3.8, 4) is 0 Å². The Labute approximate surface area is 95.2 Å². The summed E-state index contributed by atoms with van der Waals surface area (Å²) in [6, 6.07) is 2.00. The van der Waals surface area contributed by atoms with E-state index < -0.39 is 16.8 Å². The van der Waals surface area contributed by atoms with Gasteiger partial charge in [-0.15, -0.1) is 0 Å². The number of hydrogen-bond donors (Lipinski definition) is 1. The first-order valence-electron chi connectivity index (χ1n) is 4.55. The third-order valence-electron chi connectivity index (χ3n) is 2.42. The van der Waals surface area contributed by atoms with E-state index >= 15 is 0 Å². The van der Waals surface area contributed by atoms with Gasteiger partial charge in [-0.2, -0.15) is 0 Å². The van der Waals surface area contributed by atoms with Gasteiger partial charge in [0.15, 0.2) is 0 Å². The van der Waals surface area contributed by atoms with Crippen LogP contribution < -0.4 is 4.90 Å². The zero-order valence-corrected chi connectivity index (χ0v) is 8.82. The van der Waals surface area contributed by atoms with Crippen molar-refractivity contribution in [1.29, 1.82) is 0 Å². The van der Waals surface area contributed by atoms with Crippen LogP contribution in [0.2, 0.25) is 5.02 Å². The number of nitro groups is 1. The molecule has 1 aliphatic rings. The van der Waals surface area contributed by atoms with Crippen LogP contribution >= 0.6 is 11.6 Å². The Kier molecular flexibility index (Phi) is 2.69. The van der Waals surface area contributed by atoms with Crippen molar-refractivity contribution < 1.29 is 14.4 Å². The molecule has 1 N–H and O–H groups in total. The number of anilines is 1. The number of nitrogens with zero attached hydrogens (tertiary/aromatic N) is 2. The Morgan fingerprint density at radius 1 is 1.56 bits per heavy atom. The fraction of sp³-hybridized carbons (Fsp3) is 0.333. The minimum Gasteiger partial charge on any atom is -0.389 e. The summed E-state index contributed by atoms with van der Waals surface area (Å²) in [6.45, 7) is 0.589. The molecule has 0 spiro atoms. The van der Waals surface area contributed by atoms with Crippen molar-refractivity contribution in [1.82, 2.24) is 0 Å². The highest BCUT2D eigenvalue weighted by Gasteiger charge is 2.30. The van der Waals surface area contributed by atoms with Crippen LogP contribution in [0.4, 0.5) is 15.8 Å². The van der Waals surface area contributed by atoms with E-state index in [2.05, 4.69) is 0 Å². The van der Waals surface area contributed by atoms with E-state index in [0.717, 1.165) is 6.07 Å². The number of rotatable bonds is 2. The van der Waals surface area contributed by atoms with E-state index in [1.54, 1.807) is 4.90 Å². The first kappa shape index (κ1) is 11.1. The number of nitro benzene ring substituents is 1. The van der Waals surface area contributed by atoms with Crippen molar-refractivity contribution in [2.75, 3.05) is 18.0 Å². The van der Waals surface area contributed by atoms with Gasteiger partial charge in [-0.25, -0.2) is 4.39 Å². The molecule has 0 atom stereocenters. The van der Waals surface area contributed by atoms with Crippen LogP contribution in [0, 0.1) is 15.9 Å². The summed E-state index contributed by atoms with van der Waals surface area (Å²) >= 11 is 5.57. The smallest absolute Gasteiger partial charge is 0.295 e. The molecule has 1 heterocycles. The SMILES string of the molecule is O=[N+]([O-])c1cc(F)c(Cl)cc1N1CC(O)C1. The molecule has 0 saturated carbocycles. The highest BCUT2D eigenvalue weighted by molar-refractivity contribution is 6.31. The second-order valence-corrected chi connectivity index (χ2v) is 3.98. The Balaban J connectivity index is 2.42. The largest absolute Gasteiger partial charge is 0.389 e. The van der Waals surface area contributed by atoms with E-state index in [1.165, 1.54) is 6.07 Å². The molecule has 0 radical (unpaired) electrons. The number of benzene rings is 1. The fourth-order valence-electron chi connectivity index (χ4n) is 1.58. The molecule has 1 aliphatic heterocycles. The van der Waals surface area contributed by atoms with Gasteiger partial charge in [0.1, 0.15) is 11.5 Å². The molecule has 0 unspecified atom stereocenters. The number of hydrogen-bond acceptors (Lipinski definition) is 4. The van der Waals surface area contributed by atoms with Crippen LogP contribution in [0.3, 0.4) is 0 Å². The monoisotopic (exact) mass is 246 g/mol. The molecule has 1 fully saturated rings. The number of β-amino-alcohol motifs (C(OH)–C–C–N with tert-alkyl or cyclic N) is 1. The lowest BCUT2D eigenvalue weighted by Crippen LogP contribution is -2.51. The van der Waals surface area contributed by atoms with Crippen LogP contribution in [0.5, 0.6) is 0 Å². The number of halogens is 2. The third-order valence-corrected chi connectivity index (χ3v) is 2.71. The molecule has 0 bridgehead atoms. The maximum Gasteiger partial charge on any atom is 0.295 e. The fourth-order valence-corrected chi connectivity index (χ4v) is 1.74. The summed E-state index contributed by atoms with van der Waals surface area (Å²) in [6.07, 6.45) is -0.497. The van der Waals surface area contributed by atoms with E-state index in [9.17, 15) is 14.5 Å². The first-order chi connectivity index (χ1) is 7.49. The lowest BCUT2D eigenvalue weighted by molar-refractivity contribution is -0.384. The third kappa shape index (κ3) is 1.81. The highest BCUT2D eigenvalue weighted by atomic mass is 35.5. The molecule has 5 nitrogen and oxygen atoms in total. The normalized spacial score (nSPS) is 16.1. The zero-order valence-electron chi connectivity index (χ0n) is 8.06. The summed E-state index contributed by atoms with van der Waals surface area (Å²) in [5, 5.41) is 19.7. The molecule has 2 rings (SSSR count). The minimum atomic E-state index is -0.821. The lowest BCUT2D eigenvalue weighted by Gasteiger charge is -2.37. The summed E-state index contributed by atoms with van der Waals surface area (Å²) in [5.74, 6) is -0.821. The Hall–Kier alpha value is -1.40. The first-order valence-corrected chi connectivity index (χ1v) is 4.93. The van der Waals surface area contributed by atoms with Crippen molar-refractivity contribution in [3.63, 3.8) is 0 Å². The van der Waals surface area contributed by atoms with Gasteiger partial charge >= 0.3 is 0 Å². The van der Waals surface area contributed by atoms with Crippen molar-refractivity contribution in [3.05, 3.63) is 33.1 Å². The second-order valence-electron chi connectivity index (χ2n) is 3.57. The maximum atomic E-state index is 13.1. The van der Waals surface area contributed by atoms with Crippen molar-refractivity contribution in [2.24, 2.45) is 0 Å². The predicted octanol–water partition coefficient (Wildman–Crippen LogP) is 1.57. The van der Waals surface area contributed by atoms with Crippen LogP contribution in [-0.2, 0) is 0 Å². The summed E-state index contributed by atoms with van der Waals surface area (Å²) in [5.41, 5.74) is -0.101. The molecule has 1 saturated heterocycles. The van der Waals surface area contributed by atoms with Gasteiger partial charge in [0, 0.05) is 13.1 Å². The molecule has 0 aromatic heterocycles. The van der Waals surface area contributed by atoms with Crippen molar-refractivity contribution in [2.45, 2.75) is 6.10 Å². The van der Waals surface area contributed by atoms with Crippen LogP contribution in [0.25, 0.3) is 0 Å².